The van der Waals surface area contributed by atoms with E-state index in [9.17, 15) is 0 Å². The second-order valence-electron chi connectivity index (χ2n) is 0.383. The second kappa shape index (κ2) is 8.92. The standard InChI is InChI=1S/CHNS.CH2O3/c2-1-3;2-1(3)4/h3H;(H2,2,3,4). The Morgan fingerprint density at radius 1 is 1.71 bits per heavy atom. The smallest absolute Gasteiger partial charge is 0.450 e. The van der Waals surface area contributed by atoms with E-state index in [1.165, 1.54) is 5.40 Å². The molecule has 0 aliphatic carbocycles. The molecule has 0 spiro atoms. The van der Waals surface area contributed by atoms with Crippen LogP contribution in [-0.4, -0.2) is 16.4 Å². The molecule has 0 aliphatic heterocycles. The normalized spacial score (nSPS) is 4.57. The third kappa shape index (κ3) is 62.4. The summed E-state index contributed by atoms with van der Waals surface area (Å²) < 4.78 is 0. The average Bonchev–Trinajstić information content (AvgIpc) is 1.33. The second-order valence-corrected chi connectivity index (χ2v) is 0.583. The van der Waals surface area contributed by atoms with Crippen LogP contribution in [0.15, 0.2) is 0 Å². The van der Waals surface area contributed by atoms with Crippen LogP contribution in [-0.2, 0) is 0 Å². The van der Waals surface area contributed by atoms with E-state index in [0.717, 1.165) is 0 Å². The van der Waals surface area contributed by atoms with Crippen LogP contribution in [0.2, 0.25) is 0 Å². The van der Waals surface area contributed by atoms with Gasteiger partial charge in [0.15, 0.2) is 0 Å². The highest BCUT2D eigenvalue weighted by Gasteiger charge is 1.70. The van der Waals surface area contributed by atoms with E-state index >= 15 is 0 Å². The Morgan fingerprint density at radius 3 is 1.71 bits per heavy atom. The van der Waals surface area contributed by atoms with Gasteiger partial charge in [0.05, 0.1) is 0 Å². The van der Waals surface area contributed by atoms with Gasteiger partial charge in [0, 0.05) is 0 Å². The molecule has 0 rings (SSSR count). The van der Waals surface area contributed by atoms with E-state index in [1.807, 2.05) is 0 Å². The molecule has 5 heteroatoms. The lowest BCUT2D eigenvalue weighted by molar-refractivity contribution is 0.137. The van der Waals surface area contributed by atoms with Crippen molar-refractivity contribution in [2.24, 2.45) is 0 Å². The van der Waals surface area contributed by atoms with Crippen LogP contribution in [0.4, 0.5) is 4.79 Å². The highest BCUT2D eigenvalue weighted by atomic mass is 32.1. The van der Waals surface area contributed by atoms with Crippen LogP contribution in [0.5, 0.6) is 0 Å². The van der Waals surface area contributed by atoms with Gasteiger partial charge in [-0.2, -0.15) is 5.26 Å². The topological polar surface area (TPSA) is 81.3 Å². The molecule has 0 bridgehead atoms. The Morgan fingerprint density at radius 2 is 1.71 bits per heavy atom. The number of carbonyl (C=O) groups is 1. The van der Waals surface area contributed by atoms with Crippen molar-refractivity contribution < 1.29 is 15.0 Å². The summed E-state index contributed by atoms with van der Waals surface area (Å²) in [4.78, 5) is 8.56. The number of rotatable bonds is 0. The molecule has 0 heterocycles. The Kier molecular flexibility index (Phi) is 12.0. The maximum Gasteiger partial charge on any atom is 0.503 e. The number of carboxylic acid groups (broad SMARTS) is 2. The van der Waals surface area contributed by atoms with Gasteiger partial charge in [-0.1, -0.05) is 12.6 Å². The number of thiol groups is 1. The molecule has 0 aromatic carbocycles. The minimum atomic E-state index is -1.83. The quantitative estimate of drug-likeness (QED) is 0.324. The lowest BCUT2D eigenvalue weighted by Gasteiger charge is -1.60. The molecule has 0 fully saturated rings. The minimum absolute atomic E-state index is 1.44. The highest BCUT2D eigenvalue weighted by Crippen LogP contribution is 1.46. The SMILES string of the molecule is N#CS.O=C(O)O. The maximum atomic E-state index is 8.56. The first-order valence-electron chi connectivity index (χ1n) is 1.10. The Bertz CT molecular complexity index is 81.4. The molecule has 0 radical (unpaired) electrons. The van der Waals surface area contributed by atoms with E-state index in [4.69, 9.17) is 20.3 Å². The first-order chi connectivity index (χ1) is 3.15. The first kappa shape index (κ1) is 9.44. The third-order valence-corrected chi connectivity index (χ3v) is 0. The van der Waals surface area contributed by atoms with Gasteiger partial charge in [0.2, 0.25) is 0 Å². The summed E-state index contributed by atoms with van der Waals surface area (Å²) in [6.07, 6.45) is -1.83. The average molecular weight is 121 g/mol. The van der Waals surface area contributed by atoms with E-state index in [1.54, 1.807) is 0 Å². The molecule has 0 unspecified atom stereocenters. The molecule has 4 nitrogen and oxygen atoms in total. The number of thiocyanates is 1. The largest absolute Gasteiger partial charge is 0.503 e. The number of nitrogens with zero attached hydrogens (tertiary/aromatic N) is 1. The van der Waals surface area contributed by atoms with Gasteiger partial charge in [-0.15, -0.1) is 0 Å². The molecule has 0 aromatic heterocycles. The fourth-order valence-electron chi connectivity index (χ4n) is 0. The highest BCUT2D eigenvalue weighted by molar-refractivity contribution is 7.85. The summed E-state index contributed by atoms with van der Waals surface area (Å²) in [5.41, 5.74) is 0. The molecule has 7 heavy (non-hydrogen) atoms. The van der Waals surface area contributed by atoms with Crippen molar-refractivity contribution in [1.29, 1.82) is 5.26 Å². The predicted molar refractivity (Wildman–Crippen MR) is 25.3 cm³/mol. The molecule has 0 saturated carbocycles. The summed E-state index contributed by atoms with van der Waals surface area (Å²) in [6.45, 7) is 0. The van der Waals surface area contributed by atoms with E-state index in [2.05, 4.69) is 12.6 Å². The third-order valence-electron chi connectivity index (χ3n) is 0. The fourth-order valence-corrected chi connectivity index (χ4v) is 0. The molecule has 0 aromatic rings. The van der Waals surface area contributed by atoms with Gasteiger partial charge >= 0.3 is 6.16 Å². The van der Waals surface area contributed by atoms with E-state index < -0.39 is 6.16 Å². The molecular formula is C2H3NO3S. The predicted octanol–water partition coefficient (Wildman–Crippen LogP) is 0.620. The lowest BCUT2D eigenvalue weighted by atomic mass is 11.5. The number of hydrogen-bond donors (Lipinski definition) is 3. The van der Waals surface area contributed by atoms with Crippen molar-refractivity contribution in [1.82, 2.24) is 0 Å². The van der Waals surface area contributed by atoms with Crippen molar-refractivity contribution in [3.63, 3.8) is 0 Å². The summed E-state index contributed by atoms with van der Waals surface area (Å²) in [7, 11) is 0. The Hall–Kier alpha value is -0.890. The molecule has 0 aliphatic rings. The van der Waals surface area contributed by atoms with Crippen LogP contribution >= 0.6 is 12.6 Å². The lowest BCUT2D eigenvalue weighted by Crippen LogP contribution is -1.81. The number of hydrogen-bond acceptors (Lipinski definition) is 3. The minimum Gasteiger partial charge on any atom is -0.450 e. The molecular weight excluding hydrogens is 118 g/mol. The van der Waals surface area contributed by atoms with Crippen molar-refractivity contribution in [2.45, 2.75) is 0 Å². The van der Waals surface area contributed by atoms with Gasteiger partial charge in [0.25, 0.3) is 0 Å². The van der Waals surface area contributed by atoms with Crippen LogP contribution < -0.4 is 0 Å². The summed E-state index contributed by atoms with van der Waals surface area (Å²) in [5.74, 6) is 0. The van der Waals surface area contributed by atoms with E-state index in [0.29, 0.717) is 0 Å². The molecule has 0 saturated heterocycles. The summed E-state index contributed by atoms with van der Waals surface area (Å²) in [5, 5.41) is 22.6. The molecule has 2 N–H and O–H groups in total. The van der Waals surface area contributed by atoms with Gasteiger partial charge in [-0.25, -0.2) is 4.79 Å². The first-order valence-corrected chi connectivity index (χ1v) is 1.55. The van der Waals surface area contributed by atoms with Crippen LogP contribution in [0.25, 0.3) is 0 Å². The molecule has 0 atom stereocenters. The van der Waals surface area contributed by atoms with Gasteiger partial charge in [0.1, 0.15) is 5.40 Å². The Balaban J connectivity index is 0. The van der Waals surface area contributed by atoms with Crippen molar-refractivity contribution in [2.75, 3.05) is 0 Å². The van der Waals surface area contributed by atoms with Crippen molar-refractivity contribution in [3.8, 4) is 5.40 Å². The molecule has 40 valence electrons. The van der Waals surface area contributed by atoms with Crippen LogP contribution in [0.1, 0.15) is 0 Å². The van der Waals surface area contributed by atoms with Crippen LogP contribution in [0, 0.1) is 10.7 Å². The van der Waals surface area contributed by atoms with Gasteiger partial charge < -0.3 is 10.2 Å². The Labute approximate surface area is 45.4 Å². The zero-order chi connectivity index (χ0) is 6.28. The zero-order valence-electron chi connectivity index (χ0n) is 3.20. The summed E-state index contributed by atoms with van der Waals surface area (Å²) in [6, 6.07) is 0. The van der Waals surface area contributed by atoms with Crippen molar-refractivity contribution >= 4 is 18.8 Å². The van der Waals surface area contributed by atoms with Crippen molar-refractivity contribution in [3.05, 3.63) is 0 Å². The van der Waals surface area contributed by atoms with Gasteiger partial charge in [-0.05, 0) is 0 Å². The summed E-state index contributed by atoms with van der Waals surface area (Å²) >= 11 is 3.09. The van der Waals surface area contributed by atoms with Crippen LogP contribution in [0.3, 0.4) is 0 Å². The number of nitriles is 1. The molecule has 0 amide bonds. The maximum absolute atomic E-state index is 8.56. The zero-order valence-corrected chi connectivity index (χ0v) is 4.09. The van der Waals surface area contributed by atoms with Gasteiger partial charge in [-0.3, -0.25) is 0 Å². The van der Waals surface area contributed by atoms with E-state index in [-0.39, 0.29) is 0 Å². The fraction of sp³-hybridized carbons (Fsp3) is 0. The monoisotopic (exact) mass is 121 g/mol.